The first kappa shape index (κ1) is 13.9. The van der Waals surface area contributed by atoms with Gasteiger partial charge in [-0.1, -0.05) is 0 Å². The van der Waals surface area contributed by atoms with Gasteiger partial charge in [-0.3, -0.25) is 0 Å². The molecule has 0 bridgehead atoms. The Morgan fingerprint density at radius 1 is 1.12 bits per heavy atom. The van der Waals surface area contributed by atoms with E-state index in [1.165, 1.54) is 0 Å². The Hall–Kier alpha value is -0.170. The molecule has 0 amide bonds. The minimum atomic E-state index is -2.91. The average Bonchev–Trinajstić information content (AvgIpc) is 2.20. The van der Waals surface area contributed by atoms with Crippen LogP contribution in [-0.2, 0) is 9.84 Å². The number of nitrogens with zero attached hydrogens (tertiary/aromatic N) is 2. The highest BCUT2D eigenvalue weighted by Gasteiger charge is 2.15. The predicted molar refractivity (Wildman–Crippen MR) is 66.3 cm³/mol. The molecule has 5 nitrogen and oxygen atoms in total. The molecule has 0 radical (unpaired) electrons. The lowest BCUT2D eigenvalue weighted by atomic mass is 10.3. The fourth-order valence-electron chi connectivity index (χ4n) is 1.86. The van der Waals surface area contributed by atoms with E-state index in [0.717, 1.165) is 39.1 Å². The molecular weight excluding hydrogens is 226 g/mol. The lowest BCUT2D eigenvalue weighted by Crippen LogP contribution is -2.44. The fraction of sp³-hybridized carbons (Fsp3) is 1.00. The summed E-state index contributed by atoms with van der Waals surface area (Å²) in [5.41, 5.74) is 5.25. The average molecular weight is 249 g/mol. The maximum Gasteiger partial charge on any atom is 0.151 e. The molecule has 1 heterocycles. The third kappa shape index (κ3) is 5.25. The molecule has 0 unspecified atom stereocenters. The van der Waals surface area contributed by atoms with Gasteiger partial charge in [0.1, 0.15) is 0 Å². The first-order valence-corrected chi connectivity index (χ1v) is 7.67. The Kier molecular flexibility index (Phi) is 5.68. The molecule has 1 saturated heterocycles. The molecule has 2 N–H and O–H groups in total. The standard InChI is InChI=1S/C10H23N3O2S/c1-12-5-7-13(8-6-12)4-2-9-16(14,15)10-3-11/h2-11H2,1H3. The molecule has 0 aromatic carbocycles. The number of likely N-dealkylation sites (N-methyl/N-ethyl adjacent to an activating group) is 1. The van der Waals surface area contributed by atoms with Crippen LogP contribution in [0.1, 0.15) is 6.42 Å². The number of hydrogen-bond acceptors (Lipinski definition) is 5. The van der Waals surface area contributed by atoms with E-state index in [-0.39, 0.29) is 18.1 Å². The van der Waals surface area contributed by atoms with Crippen molar-refractivity contribution in [3.8, 4) is 0 Å². The predicted octanol–water partition coefficient (Wildman–Crippen LogP) is -1.00. The molecule has 1 aliphatic heterocycles. The fourth-order valence-corrected chi connectivity index (χ4v) is 2.99. The third-order valence-corrected chi connectivity index (χ3v) is 4.72. The summed E-state index contributed by atoms with van der Waals surface area (Å²) in [6.45, 7) is 5.38. The van der Waals surface area contributed by atoms with Crippen LogP contribution in [0.15, 0.2) is 0 Å². The molecule has 96 valence electrons. The third-order valence-electron chi connectivity index (χ3n) is 2.95. The van der Waals surface area contributed by atoms with Gasteiger partial charge in [-0.25, -0.2) is 8.42 Å². The minimum Gasteiger partial charge on any atom is -0.329 e. The quantitative estimate of drug-likeness (QED) is 0.654. The minimum absolute atomic E-state index is 0.121. The van der Waals surface area contributed by atoms with Crippen molar-refractivity contribution >= 4 is 9.84 Å². The summed E-state index contributed by atoms with van der Waals surface area (Å²) in [6, 6.07) is 0. The molecule has 1 rings (SSSR count). The number of hydrogen-bond donors (Lipinski definition) is 1. The largest absolute Gasteiger partial charge is 0.329 e. The van der Waals surface area contributed by atoms with E-state index < -0.39 is 9.84 Å². The van der Waals surface area contributed by atoms with Crippen LogP contribution >= 0.6 is 0 Å². The van der Waals surface area contributed by atoms with Gasteiger partial charge in [0, 0.05) is 32.7 Å². The van der Waals surface area contributed by atoms with Gasteiger partial charge in [0.2, 0.25) is 0 Å². The summed E-state index contributed by atoms with van der Waals surface area (Å²) in [5.74, 6) is 0.395. The number of nitrogens with two attached hydrogens (primary N) is 1. The van der Waals surface area contributed by atoms with Crippen LogP contribution in [-0.4, -0.2) is 76.0 Å². The van der Waals surface area contributed by atoms with Crippen molar-refractivity contribution in [3.05, 3.63) is 0 Å². The van der Waals surface area contributed by atoms with Gasteiger partial charge in [-0.2, -0.15) is 0 Å². The second kappa shape index (κ2) is 6.54. The molecule has 0 spiro atoms. The molecule has 16 heavy (non-hydrogen) atoms. The molecule has 1 fully saturated rings. The second-order valence-corrected chi connectivity index (χ2v) is 6.74. The number of sulfone groups is 1. The molecule has 6 heteroatoms. The summed E-state index contributed by atoms with van der Waals surface area (Å²) in [4.78, 5) is 4.62. The number of piperazine rings is 1. The summed E-state index contributed by atoms with van der Waals surface area (Å²) in [5, 5.41) is 0. The Bertz CT molecular complexity index is 284. The maximum absolute atomic E-state index is 11.4. The molecule has 0 aromatic heterocycles. The van der Waals surface area contributed by atoms with Crippen LogP contribution in [0.4, 0.5) is 0 Å². The van der Waals surface area contributed by atoms with Crippen molar-refractivity contribution < 1.29 is 8.42 Å². The normalized spacial score (nSPS) is 20.1. The highest BCUT2D eigenvalue weighted by Crippen LogP contribution is 2.01. The Labute approximate surface area is 98.5 Å². The van der Waals surface area contributed by atoms with E-state index in [1.54, 1.807) is 0 Å². The van der Waals surface area contributed by atoms with E-state index in [4.69, 9.17) is 5.73 Å². The van der Waals surface area contributed by atoms with Gasteiger partial charge in [0.25, 0.3) is 0 Å². The topological polar surface area (TPSA) is 66.6 Å². The van der Waals surface area contributed by atoms with E-state index in [1.807, 2.05) is 0 Å². The smallest absolute Gasteiger partial charge is 0.151 e. The van der Waals surface area contributed by atoms with Crippen molar-refractivity contribution in [1.82, 2.24) is 9.80 Å². The van der Waals surface area contributed by atoms with Crippen molar-refractivity contribution in [3.63, 3.8) is 0 Å². The monoisotopic (exact) mass is 249 g/mol. The van der Waals surface area contributed by atoms with Gasteiger partial charge in [-0.15, -0.1) is 0 Å². The van der Waals surface area contributed by atoms with Gasteiger partial charge in [0.15, 0.2) is 9.84 Å². The van der Waals surface area contributed by atoms with Gasteiger partial charge in [0.05, 0.1) is 11.5 Å². The molecule has 0 aliphatic carbocycles. The molecule has 0 aromatic rings. The molecule has 0 saturated carbocycles. The van der Waals surface area contributed by atoms with Crippen LogP contribution in [0.5, 0.6) is 0 Å². The van der Waals surface area contributed by atoms with E-state index >= 15 is 0 Å². The second-order valence-electron chi connectivity index (χ2n) is 4.44. The lowest BCUT2D eigenvalue weighted by Gasteiger charge is -2.32. The Morgan fingerprint density at radius 2 is 1.75 bits per heavy atom. The van der Waals surface area contributed by atoms with Gasteiger partial charge in [-0.05, 0) is 20.0 Å². The van der Waals surface area contributed by atoms with E-state index in [2.05, 4.69) is 16.8 Å². The summed E-state index contributed by atoms with van der Waals surface area (Å²) in [7, 11) is -0.791. The summed E-state index contributed by atoms with van der Waals surface area (Å²) in [6.07, 6.45) is 0.728. The zero-order valence-electron chi connectivity index (χ0n) is 10.1. The molecule has 0 atom stereocenters. The number of rotatable bonds is 6. The van der Waals surface area contributed by atoms with Crippen molar-refractivity contribution in [1.29, 1.82) is 0 Å². The zero-order valence-corrected chi connectivity index (χ0v) is 10.9. The first-order valence-electron chi connectivity index (χ1n) is 5.85. The van der Waals surface area contributed by atoms with Crippen LogP contribution < -0.4 is 5.73 Å². The van der Waals surface area contributed by atoms with Crippen LogP contribution in [0, 0.1) is 0 Å². The highest BCUT2D eigenvalue weighted by molar-refractivity contribution is 7.91. The van der Waals surface area contributed by atoms with Crippen molar-refractivity contribution in [2.75, 3.05) is 57.8 Å². The molecule has 1 aliphatic rings. The van der Waals surface area contributed by atoms with Crippen LogP contribution in [0.3, 0.4) is 0 Å². The van der Waals surface area contributed by atoms with E-state index in [0.29, 0.717) is 0 Å². The summed E-state index contributed by atoms with van der Waals surface area (Å²) >= 11 is 0. The van der Waals surface area contributed by atoms with Crippen molar-refractivity contribution in [2.45, 2.75) is 6.42 Å². The maximum atomic E-state index is 11.4. The SMILES string of the molecule is CN1CCN(CCCS(=O)(=O)CCN)CC1. The van der Waals surface area contributed by atoms with Crippen molar-refractivity contribution in [2.24, 2.45) is 5.73 Å². The van der Waals surface area contributed by atoms with E-state index in [9.17, 15) is 8.42 Å². The van der Waals surface area contributed by atoms with Crippen LogP contribution in [0.25, 0.3) is 0 Å². The zero-order chi connectivity index (χ0) is 12.0. The first-order chi connectivity index (χ1) is 7.53. The van der Waals surface area contributed by atoms with Gasteiger partial charge < -0.3 is 15.5 Å². The Morgan fingerprint density at radius 3 is 2.31 bits per heavy atom. The van der Waals surface area contributed by atoms with Crippen LogP contribution in [0.2, 0.25) is 0 Å². The summed E-state index contributed by atoms with van der Waals surface area (Å²) < 4.78 is 22.8. The Balaban J connectivity index is 2.16. The van der Waals surface area contributed by atoms with Gasteiger partial charge >= 0.3 is 0 Å². The highest BCUT2D eigenvalue weighted by atomic mass is 32.2. The lowest BCUT2D eigenvalue weighted by molar-refractivity contribution is 0.154. The molecular formula is C10H23N3O2S.